The van der Waals surface area contributed by atoms with E-state index in [1.807, 2.05) is 38.1 Å². The summed E-state index contributed by atoms with van der Waals surface area (Å²) in [6.45, 7) is 6.06. The third-order valence-electron chi connectivity index (χ3n) is 6.32. The zero-order chi connectivity index (χ0) is 23.3. The highest BCUT2D eigenvalue weighted by Gasteiger charge is 2.29. The van der Waals surface area contributed by atoms with Crippen molar-refractivity contribution in [2.24, 2.45) is 0 Å². The van der Waals surface area contributed by atoms with E-state index in [2.05, 4.69) is 5.32 Å². The molecule has 0 spiro atoms. The van der Waals surface area contributed by atoms with Crippen LogP contribution in [0.3, 0.4) is 0 Å². The van der Waals surface area contributed by atoms with Gasteiger partial charge in [0.05, 0.1) is 6.42 Å². The lowest BCUT2D eigenvalue weighted by Gasteiger charge is -2.31. The predicted octanol–water partition coefficient (Wildman–Crippen LogP) is 6.02. The zero-order valence-corrected chi connectivity index (χ0v) is 20.6. The molecule has 0 radical (unpaired) electrons. The number of hydrogen-bond acceptors (Lipinski definition) is 2. The third kappa shape index (κ3) is 6.49. The molecule has 1 fully saturated rings. The average Bonchev–Trinajstić information content (AvgIpc) is 2.76. The quantitative estimate of drug-likeness (QED) is 0.533. The van der Waals surface area contributed by atoms with Crippen LogP contribution < -0.4 is 5.32 Å². The summed E-state index contributed by atoms with van der Waals surface area (Å²) >= 11 is 12.4. The van der Waals surface area contributed by atoms with Crippen molar-refractivity contribution in [3.05, 3.63) is 68.7 Å². The molecule has 2 aromatic rings. The number of nitrogens with one attached hydrogen (secondary N) is 1. The van der Waals surface area contributed by atoms with Gasteiger partial charge in [-0.3, -0.25) is 9.59 Å². The Labute approximate surface area is 201 Å². The van der Waals surface area contributed by atoms with Crippen LogP contribution in [0, 0.1) is 13.8 Å². The van der Waals surface area contributed by atoms with Crippen LogP contribution in [0.15, 0.2) is 36.4 Å². The molecule has 0 bridgehead atoms. The van der Waals surface area contributed by atoms with E-state index in [1.165, 1.54) is 6.42 Å². The number of carbonyl (C=O) groups excluding carboxylic acids is 2. The molecule has 32 heavy (non-hydrogen) atoms. The first-order valence-corrected chi connectivity index (χ1v) is 12.1. The van der Waals surface area contributed by atoms with Gasteiger partial charge in [0.2, 0.25) is 11.8 Å². The van der Waals surface area contributed by atoms with Crippen LogP contribution in [-0.4, -0.2) is 28.8 Å². The first-order valence-electron chi connectivity index (χ1n) is 11.3. The van der Waals surface area contributed by atoms with Crippen LogP contribution in [-0.2, 0) is 22.6 Å². The van der Waals surface area contributed by atoms with Gasteiger partial charge in [-0.05, 0) is 62.4 Å². The summed E-state index contributed by atoms with van der Waals surface area (Å²) in [6.07, 6.45) is 5.72. The van der Waals surface area contributed by atoms with Crippen molar-refractivity contribution in [3.63, 3.8) is 0 Å². The molecule has 2 amide bonds. The van der Waals surface area contributed by atoms with E-state index in [4.69, 9.17) is 23.2 Å². The summed E-state index contributed by atoms with van der Waals surface area (Å²) in [7, 11) is 0. The van der Waals surface area contributed by atoms with E-state index in [0.717, 1.165) is 47.9 Å². The van der Waals surface area contributed by atoms with Crippen LogP contribution in [0.4, 0.5) is 0 Å². The first kappa shape index (κ1) is 24.6. The first-order chi connectivity index (χ1) is 15.2. The van der Waals surface area contributed by atoms with E-state index in [-0.39, 0.29) is 30.8 Å². The van der Waals surface area contributed by atoms with E-state index < -0.39 is 6.04 Å². The standard InChI is InChI=1S/C26H32Cl2N2O2/c1-17-9-10-18(2)21(13-17)14-25(31)30(16-20-11-12-22(27)15-24(20)28)19(3)26(32)29-23-7-5-4-6-8-23/h9-13,15,19,23H,4-8,14,16H2,1-3H3,(H,29,32). The van der Waals surface area contributed by atoms with Gasteiger partial charge in [-0.1, -0.05) is 72.3 Å². The van der Waals surface area contributed by atoms with Crippen molar-refractivity contribution in [2.75, 3.05) is 0 Å². The lowest BCUT2D eigenvalue weighted by Crippen LogP contribution is -2.50. The Balaban J connectivity index is 1.82. The molecule has 3 rings (SSSR count). The number of halogens is 2. The molecule has 1 saturated carbocycles. The number of aryl methyl sites for hydroxylation is 2. The van der Waals surface area contributed by atoms with E-state index in [9.17, 15) is 9.59 Å². The minimum atomic E-state index is -0.610. The van der Waals surface area contributed by atoms with Gasteiger partial charge in [0.1, 0.15) is 6.04 Å². The number of carbonyl (C=O) groups is 2. The summed E-state index contributed by atoms with van der Waals surface area (Å²) < 4.78 is 0. The molecule has 6 heteroatoms. The molecule has 1 aliphatic rings. The Bertz CT molecular complexity index is 970. The van der Waals surface area contributed by atoms with Crippen LogP contribution >= 0.6 is 23.2 Å². The van der Waals surface area contributed by atoms with Crippen molar-refractivity contribution in [3.8, 4) is 0 Å². The van der Waals surface area contributed by atoms with Crippen molar-refractivity contribution in [2.45, 2.75) is 77.9 Å². The molecular formula is C26H32Cl2N2O2. The van der Waals surface area contributed by atoms with E-state index >= 15 is 0 Å². The van der Waals surface area contributed by atoms with E-state index in [0.29, 0.717) is 10.0 Å². The highest BCUT2D eigenvalue weighted by Crippen LogP contribution is 2.24. The van der Waals surface area contributed by atoms with Crippen LogP contribution in [0.25, 0.3) is 0 Å². The molecule has 1 unspecified atom stereocenters. The van der Waals surface area contributed by atoms with Gasteiger partial charge in [-0.25, -0.2) is 0 Å². The summed E-state index contributed by atoms with van der Waals surface area (Å²) in [4.78, 5) is 28.2. The Morgan fingerprint density at radius 3 is 2.44 bits per heavy atom. The summed E-state index contributed by atoms with van der Waals surface area (Å²) in [5.41, 5.74) is 3.91. The van der Waals surface area contributed by atoms with Gasteiger partial charge in [-0.15, -0.1) is 0 Å². The maximum atomic E-state index is 13.5. The SMILES string of the molecule is Cc1ccc(C)c(CC(=O)N(Cc2ccc(Cl)cc2Cl)C(C)C(=O)NC2CCCCC2)c1. The van der Waals surface area contributed by atoms with Gasteiger partial charge >= 0.3 is 0 Å². The number of rotatable bonds is 7. The highest BCUT2D eigenvalue weighted by atomic mass is 35.5. The van der Waals surface area contributed by atoms with Crippen LogP contribution in [0.1, 0.15) is 61.3 Å². The normalized spacial score (nSPS) is 15.3. The number of benzene rings is 2. The molecule has 1 atom stereocenters. The second-order valence-electron chi connectivity index (χ2n) is 8.88. The second-order valence-corrected chi connectivity index (χ2v) is 9.73. The summed E-state index contributed by atoms with van der Waals surface area (Å²) in [6, 6.07) is 10.9. The van der Waals surface area contributed by atoms with Gasteiger partial charge in [0, 0.05) is 22.6 Å². The monoisotopic (exact) mass is 474 g/mol. The molecule has 172 valence electrons. The zero-order valence-electron chi connectivity index (χ0n) is 19.1. The molecule has 0 aliphatic heterocycles. The minimum absolute atomic E-state index is 0.101. The fourth-order valence-electron chi connectivity index (χ4n) is 4.24. The molecule has 4 nitrogen and oxygen atoms in total. The molecule has 1 aliphatic carbocycles. The van der Waals surface area contributed by atoms with Gasteiger partial charge < -0.3 is 10.2 Å². The highest BCUT2D eigenvalue weighted by molar-refractivity contribution is 6.35. The Morgan fingerprint density at radius 1 is 1.03 bits per heavy atom. The molecular weight excluding hydrogens is 443 g/mol. The van der Waals surface area contributed by atoms with Crippen molar-refractivity contribution < 1.29 is 9.59 Å². The van der Waals surface area contributed by atoms with Gasteiger partial charge in [-0.2, -0.15) is 0 Å². The summed E-state index contributed by atoms with van der Waals surface area (Å²) in [5.74, 6) is -0.215. The predicted molar refractivity (Wildman–Crippen MR) is 131 cm³/mol. The van der Waals surface area contributed by atoms with Crippen molar-refractivity contribution >= 4 is 35.0 Å². The molecule has 0 aromatic heterocycles. The fourth-order valence-corrected chi connectivity index (χ4v) is 4.71. The van der Waals surface area contributed by atoms with Gasteiger partial charge in [0.25, 0.3) is 0 Å². The van der Waals surface area contributed by atoms with Crippen LogP contribution in [0.5, 0.6) is 0 Å². The van der Waals surface area contributed by atoms with Gasteiger partial charge in [0.15, 0.2) is 0 Å². The molecule has 0 saturated heterocycles. The molecule has 0 heterocycles. The largest absolute Gasteiger partial charge is 0.352 e. The Morgan fingerprint density at radius 2 is 1.75 bits per heavy atom. The van der Waals surface area contributed by atoms with E-state index in [1.54, 1.807) is 24.0 Å². The second kappa shape index (κ2) is 11.2. The minimum Gasteiger partial charge on any atom is -0.352 e. The Kier molecular flexibility index (Phi) is 8.61. The maximum Gasteiger partial charge on any atom is 0.242 e. The van der Waals surface area contributed by atoms with Crippen molar-refractivity contribution in [1.82, 2.24) is 10.2 Å². The smallest absolute Gasteiger partial charge is 0.242 e. The van der Waals surface area contributed by atoms with Crippen molar-refractivity contribution in [1.29, 1.82) is 0 Å². The number of hydrogen-bond donors (Lipinski definition) is 1. The average molecular weight is 475 g/mol. The fraction of sp³-hybridized carbons (Fsp3) is 0.462. The topological polar surface area (TPSA) is 49.4 Å². The lowest BCUT2D eigenvalue weighted by molar-refractivity contribution is -0.140. The molecule has 2 aromatic carbocycles. The number of nitrogens with zero attached hydrogens (tertiary/aromatic N) is 1. The van der Waals surface area contributed by atoms with Crippen LogP contribution in [0.2, 0.25) is 10.0 Å². The summed E-state index contributed by atoms with van der Waals surface area (Å²) in [5, 5.41) is 4.19. The molecule has 1 N–H and O–H groups in total. The Hall–Kier alpha value is -2.04. The maximum absolute atomic E-state index is 13.5. The lowest BCUT2D eigenvalue weighted by atomic mass is 9.95. The number of amides is 2. The third-order valence-corrected chi connectivity index (χ3v) is 6.91.